The minimum absolute atomic E-state index is 0.0609. The lowest BCUT2D eigenvalue weighted by molar-refractivity contribution is -0.0119. The molecular formula is C10H23NO. The van der Waals surface area contributed by atoms with E-state index in [2.05, 4.69) is 34.6 Å². The molecule has 0 aromatic heterocycles. The van der Waals surface area contributed by atoms with Gasteiger partial charge in [-0.2, -0.15) is 0 Å². The summed E-state index contributed by atoms with van der Waals surface area (Å²) in [6.07, 6.45) is 1.04. The minimum atomic E-state index is -0.0609. The van der Waals surface area contributed by atoms with Crippen molar-refractivity contribution in [2.45, 2.75) is 52.7 Å². The van der Waals surface area contributed by atoms with Gasteiger partial charge in [-0.15, -0.1) is 0 Å². The molecule has 0 aliphatic heterocycles. The van der Waals surface area contributed by atoms with Crippen molar-refractivity contribution < 1.29 is 4.74 Å². The first-order valence-electron chi connectivity index (χ1n) is 4.71. The zero-order chi connectivity index (χ0) is 9.78. The highest BCUT2D eigenvalue weighted by molar-refractivity contribution is 4.66. The Bertz CT molecular complexity index is 115. The fourth-order valence-electron chi connectivity index (χ4n) is 1.03. The molecule has 0 spiro atoms. The van der Waals surface area contributed by atoms with Gasteiger partial charge in [-0.05, 0) is 33.1 Å². The van der Waals surface area contributed by atoms with Crippen LogP contribution in [0.1, 0.15) is 41.0 Å². The van der Waals surface area contributed by atoms with Crippen LogP contribution in [-0.4, -0.2) is 18.2 Å². The lowest BCUT2D eigenvalue weighted by Crippen LogP contribution is -2.32. The average molecular weight is 173 g/mol. The highest BCUT2D eigenvalue weighted by Gasteiger charge is 2.13. The van der Waals surface area contributed by atoms with Crippen molar-refractivity contribution in [1.29, 1.82) is 0 Å². The zero-order valence-electron chi connectivity index (χ0n) is 9.05. The molecule has 2 nitrogen and oxygen atoms in total. The molecule has 12 heavy (non-hydrogen) atoms. The minimum Gasteiger partial charge on any atom is -0.374 e. The Kier molecular flexibility index (Phi) is 4.80. The van der Waals surface area contributed by atoms with Crippen LogP contribution in [0.5, 0.6) is 0 Å². The second-order valence-corrected chi connectivity index (χ2v) is 4.81. The van der Waals surface area contributed by atoms with E-state index in [0.29, 0.717) is 12.5 Å². The van der Waals surface area contributed by atoms with Crippen LogP contribution < -0.4 is 5.73 Å². The Balaban J connectivity index is 3.51. The predicted molar refractivity (Wildman–Crippen MR) is 53.1 cm³/mol. The quantitative estimate of drug-likeness (QED) is 0.707. The molecule has 0 aliphatic carbocycles. The highest BCUT2D eigenvalue weighted by atomic mass is 16.5. The van der Waals surface area contributed by atoms with E-state index in [0.717, 1.165) is 6.42 Å². The van der Waals surface area contributed by atoms with Crippen molar-refractivity contribution in [1.82, 2.24) is 0 Å². The van der Waals surface area contributed by atoms with Gasteiger partial charge in [0.05, 0.1) is 12.2 Å². The van der Waals surface area contributed by atoms with E-state index >= 15 is 0 Å². The Hall–Kier alpha value is -0.0800. The van der Waals surface area contributed by atoms with E-state index in [1.807, 2.05) is 0 Å². The normalized spacial score (nSPS) is 15.2. The Morgan fingerprint density at radius 2 is 1.75 bits per heavy atom. The second-order valence-electron chi connectivity index (χ2n) is 4.81. The van der Waals surface area contributed by atoms with Crippen molar-refractivity contribution in [2.75, 3.05) is 6.61 Å². The molecular weight excluding hydrogens is 150 g/mol. The fourth-order valence-corrected chi connectivity index (χ4v) is 1.03. The van der Waals surface area contributed by atoms with Crippen LogP contribution >= 0.6 is 0 Å². The summed E-state index contributed by atoms with van der Waals surface area (Å²) in [5, 5.41) is 0. The van der Waals surface area contributed by atoms with E-state index in [4.69, 9.17) is 10.5 Å². The van der Waals surface area contributed by atoms with Gasteiger partial charge in [0.2, 0.25) is 0 Å². The van der Waals surface area contributed by atoms with Crippen LogP contribution in [0.15, 0.2) is 0 Å². The first kappa shape index (κ1) is 11.9. The van der Waals surface area contributed by atoms with Crippen LogP contribution in [0, 0.1) is 5.92 Å². The molecule has 0 radical (unpaired) electrons. The molecule has 74 valence electrons. The van der Waals surface area contributed by atoms with E-state index in [-0.39, 0.29) is 11.6 Å². The maximum absolute atomic E-state index is 5.86. The summed E-state index contributed by atoms with van der Waals surface area (Å²) in [5.41, 5.74) is 5.80. The molecule has 0 unspecified atom stereocenters. The van der Waals surface area contributed by atoms with E-state index in [9.17, 15) is 0 Å². The van der Waals surface area contributed by atoms with Crippen molar-refractivity contribution in [3.63, 3.8) is 0 Å². The molecule has 0 aromatic rings. The van der Waals surface area contributed by atoms with E-state index in [1.165, 1.54) is 0 Å². The van der Waals surface area contributed by atoms with Gasteiger partial charge in [0, 0.05) is 6.04 Å². The third-order valence-electron chi connectivity index (χ3n) is 1.50. The molecule has 2 N–H and O–H groups in total. The van der Waals surface area contributed by atoms with E-state index < -0.39 is 0 Å². The summed E-state index contributed by atoms with van der Waals surface area (Å²) < 4.78 is 5.57. The van der Waals surface area contributed by atoms with Crippen LogP contribution in [-0.2, 0) is 4.74 Å². The first-order chi connectivity index (χ1) is 5.31. The lowest BCUT2D eigenvalue weighted by Gasteiger charge is -2.23. The summed E-state index contributed by atoms with van der Waals surface area (Å²) in [5.74, 6) is 0.656. The summed E-state index contributed by atoms with van der Waals surface area (Å²) in [6.45, 7) is 11.2. The Morgan fingerprint density at radius 1 is 1.25 bits per heavy atom. The fraction of sp³-hybridized carbons (Fsp3) is 1.00. The molecule has 0 saturated carbocycles. The highest BCUT2D eigenvalue weighted by Crippen LogP contribution is 2.09. The molecule has 0 aliphatic rings. The summed E-state index contributed by atoms with van der Waals surface area (Å²) >= 11 is 0. The van der Waals surface area contributed by atoms with Gasteiger partial charge in [0.1, 0.15) is 0 Å². The number of hydrogen-bond donors (Lipinski definition) is 1. The van der Waals surface area contributed by atoms with Gasteiger partial charge in [0.25, 0.3) is 0 Å². The molecule has 0 fully saturated rings. The maximum atomic E-state index is 5.86. The van der Waals surface area contributed by atoms with E-state index in [1.54, 1.807) is 0 Å². The monoisotopic (exact) mass is 173 g/mol. The molecule has 1 atom stereocenters. The number of hydrogen-bond acceptors (Lipinski definition) is 2. The van der Waals surface area contributed by atoms with Crippen molar-refractivity contribution in [2.24, 2.45) is 11.7 Å². The van der Waals surface area contributed by atoms with Gasteiger partial charge in [-0.3, -0.25) is 0 Å². The topological polar surface area (TPSA) is 35.2 Å². The van der Waals surface area contributed by atoms with Crippen LogP contribution in [0.2, 0.25) is 0 Å². The van der Waals surface area contributed by atoms with Gasteiger partial charge < -0.3 is 10.5 Å². The average Bonchev–Trinajstić information content (AvgIpc) is 1.80. The van der Waals surface area contributed by atoms with Crippen molar-refractivity contribution in [3.05, 3.63) is 0 Å². The molecule has 2 heteroatoms. The molecule has 0 saturated heterocycles. The third-order valence-corrected chi connectivity index (χ3v) is 1.50. The number of nitrogens with two attached hydrogens (primary N) is 1. The standard InChI is InChI=1S/C10H23NO/c1-8(2)6-9(11)7-12-10(3,4)5/h8-9H,6-7,11H2,1-5H3/t9-/m0/s1. The Morgan fingerprint density at radius 3 is 2.08 bits per heavy atom. The maximum Gasteiger partial charge on any atom is 0.0624 e. The lowest BCUT2D eigenvalue weighted by atomic mass is 10.1. The third kappa shape index (κ3) is 8.02. The first-order valence-corrected chi connectivity index (χ1v) is 4.71. The van der Waals surface area contributed by atoms with Crippen molar-refractivity contribution >= 4 is 0 Å². The summed E-state index contributed by atoms with van der Waals surface area (Å²) in [4.78, 5) is 0. The number of ether oxygens (including phenoxy) is 1. The van der Waals surface area contributed by atoms with Gasteiger partial charge >= 0.3 is 0 Å². The Labute approximate surface area is 76.5 Å². The van der Waals surface area contributed by atoms with Gasteiger partial charge in [0.15, 0.2) is 0 Å². The smallest absolute Gasteiger partial charge is 0.0624 e. The van der Waals surface area contributed by atoms with Gasteiger partial charge in [-0.1, -0.05) is 13.8 Å². The molecule has 0 bridgehead atoms. The van der Waals surface area contributed by atoms with Gasteiger partial charge in [-0.25, -0.2) is 0 Å². The molecule has 0 aromatic carbocycles. The summed E-state index contributed by atoms with van der Waals surface area (Å²) in [7, 11) is 0. The predicted octanol–water partition coefficient (Wildman–Crippen LogP) is 2.17. The van der Waals surface area contributed by atoms with Crippen molar-refractivity contribution in [3.8, 4) is 0 Å². The molecule has 0 amide bonds. The van der Waals surface area contributed by atoms with Crippen LogP contribution in [0.25, 0.3) is 0 Å². The van der Waals surface area contributed by atoms with Crippen LogP contribution in [0.4, 0.5) is 0 Å². The molecule has 0 rings (SSSR count). The largest absolute Gasteiger partial charge is 0.374 e. The second kappa shape index (κ2) is 4.83. The number of rotatable bonds is 4. The zero-order valence-corrected chi connectivity index (χ0v) is 9.05. The SMILES string of the molecule is CC(C)C[C@H](N)COC(C)(C)C. The molecule has 0 heterocycles. The summed E-state index contributed by atoms with van der Waals surface area (Å²) in [6, 6.07) is 0.184. The van der Waals surface area contributed by atoms with Crippen LogP contribution in [0.3, 0.4) is 0 Å².